The van der Waals surface area contributed by atoms with Gasteiger partial charge in [0.05, 0.1) is 26.4 Å². The SMILES string of the molecule is CCCCCCCCCCCCCCCCCCCC(=O)O[C@H](COC(=O)CCCCCCCCCCCCCCCCCC)COP(=O)(O)OC[C@@H](O)COP(=O)(O)OC[C@@H](COC(=O)CCCCCCCCC)OC(=O)CCCCCCCCCCCCCC. The molecule has 0 aliphatic rings. The van der Waals surface area contributed by atoms with Gasteiger partial charge in [-0.25, -0.2) is 9.13 Å². The van der Waals surface area contributed by atoms with Crippen LogP contribution >= 0.6 is 15.6 Å². The Bertz CT molecular complexity index is 1760. The van der Waals surface area contributed by atoms with E-state index >= 15 is 0 Å². The highest BCUT2D eigenvalue weighted by atomic mass is 31.2. The van der Waals surface area contributed by atoms with E-state index in [1.807, 2.05) is 0 Å². The Kier molecular flexibility index (Phi) is 66.2. The number of carbonyl (C=O) groups excluding carboxylic acids is 4. The first-order chi connectivity index (χ1) is 44.7. The smallest absolute Gasteiger partial charge is 0.462 e. The largest absolute Gasteiger partial charge is 0.472 e. The fourth-order valence-electron chi connectivity index (χ4n) is 11.2. The van der Waals surface area contributed by atoms with Crippen LogP contribution in [0.1, 0.15) is 387 Å². The Labute approximate surface area is 562 Å². The average molecular weight is 1350 g/mol. The monoisotopic (exact) mass is 1350 g/mol. The second-order valence-corrected chi connectivity index (χ2v) is 29.2. The van der Waals surface area contributed by atoms with Gasteiger partial charge in [0.1, 0.15) is 19.3 Å². The maximum absolute atomic E-state index is 13.1. The van der Waals surface area contributed by atoms with E-state index in [0.717, 1.165) is 103 Å². The normalized spacial score (nSPS) is 13.9. The summed E-state index contributed by atoms with van der Waals surface area (Å²) in [4.78, 5) is 72.5. The van der Waals surface area contributed by atoms with Crippen LogP contribution in [0.5, 0.6) is 0 Å². The van der Waals surface area contributed by atoms with E-state index < -0.39 is 97.5 Å². The molecule has 3 N–H and O–H groups in total. The second kappa shape index (κ2) is 67.6. The number of rotatable bonds is 74. The highest BCUT2D eigenvalue weighted by Gasteiger charge is 2.30. The standard InChI is InChI=1S/C73H142O17P2/c1-5-9-13-17-21-24-27-30-32-34-36-38-41-44-48-52-56-60-73(78)90-69(64-84-71(76)58-54-50-46-42-40-37-35-33-31-28-25-22-18-14-10-6-2)66-88-92(81,82)86-62-67(74)61-85-91(79,80)87-65-68(63-83-70(75)57-53-49-45-20-16-12-8-4)89-72(77)59-55-51-47-43-39-29-26-23-19-15-11-7-3/h67-69,74H,5-66H2,1-4H3,(H,79,80)(H,81,82)/t67-,68+,69+/m0/s1. The van der Waals surface area contributed by atoms with Crippen molar-refractivity contribution in [1.82, 2.24) is 0 Å². The molecule has 92 heavy (non-hydrogen) atoms. The van der Waals surface area contributed by atoms with Crippen molar-refractivity contribution in [3.05, 3.63) is 0 Å². The topological polar surface area (TPSA) is 237 Å². The van der Waals surface area contributed by atoms with Gasteiger partial charge in [0.15, 0.2) is 12.2 Å². The number of unbranched alkanes of at least 4 members (excludes halogenated alkanes) is 48. The van der Waals surface area contributed by atoms with Gasteiger partial charge in [-0.05, 0) is 25.7 Å². The molecule has 0 bridgehead atoms. The van der Waals surface area contributed by atoms with E-state index in [4.69, 9.17) is 37.0 Å². The first-order valence-corrected chi connectivity index (χ1v) is 41.3. The van der Waals surface area contributed by atoms with Crippen LogP contribution in [0, 0.1) is 0 Å². The zero-order valence-corrected chi connectivity index (χ0v) is 61.3. The molecule has 5 atom stereocenters. The molecular weight excluding hydrogens is 1210 g/mol. The molecule has 0 aliphatic heterocycles. The summed E-state index contributed by atoms with van der Waals surface area (Å²) in [6.07, 6.45) is 56.9. The lowest BCUT2D eigenvalue weighted by atomic mass is 10.0. The summed E-state index contributed by atoms with van der Waals surface area (Å²) in [6, 6.07) is 0. The Hall–Kier alpha value is -1.94. The molecule has 0 rings (SSSR count). The minimum Gasteiger partial charge on any atom is -0.462 e. The summed E-state index contributed by atoms with van der Waals surface area (Å²) in [5, 5.41) is 10.6. The van der Waals surface area contributed by atoms with Crippen molar-refractivity contribution in [1.29, 1.82) is 0 Å². The Morgan fingerprint density at radius 3 is 0.641 bits per heavy atom. The Balaban J connectivity index is 5.19. The summed E-state index contributed by atoms with van der Waals surface area (Å²) in [7, 11) is -9.90. The minimum absolute atomic E-state index is 0.107. The molecule has 0 aromatic carbocycles. The van der Waals surface area contributed by atoms with Crippen LogP contribution in [-0.2, 0) is 65.4 Å². The molecule has 0 fully saturated rings. The molecule has 0 aromatic rings. The van der Waals surface area contributed by atoms with Gasteiger partial charge in [-0.15, -0.1) is 0 Å². The quantitative estimate of drug-likeness (QED) is 0.0222. The van der Waals surface area contributed by atoms with Crippen molar-refractivity contribution in [2.24, 2.45) is 0 Å². The number of phosphoric acid groups is 2. The van der Waals surface area contributed by atoms with Gasteiger partial charge in [-0.1, -0.05) is 336 Å². The van der Waals surface area contributed by atoms with Crippen LogP contribution in [0.25, 0.3) is 0 Å². The van der Waals surface area contributed by atoms with Crippen molar-refractivity contribution in [2.75, 3.05) is 39.6 Å². The molecule has 0 saturated carbocycles. The maximum Gasteiger partial charge on any atom is 0.472 e. The van der Waals surface area contributed by atoms with Gasteiger partial charge < -0.3 is 33.8 Å². The number of esters is 4. The highest BCUT2D eigenvalue weighted by molar-refractivity contribution is 7.47. The predicted molar refractivity (Wildman–Crippen MR) is 372 cm³/mol. The van der Waals surface area contributed by atoms with Crippen molar-refractivity contribution in [3.8, 4) is 0 Å². The van der Waals surface area contributed by atoms with Crippen molar-refractivity contribution < 1.29 is 80.2 Å². The Morgan fingerprint density at radius 2 is 0.435 bits per heavy atom. The minimum atomic E-state index is -4.95. The zero-order valence-electron chi connectivity index (χ0n) is 59.5. The lowest BCUT2D eigenvalue weighted by Gasteiger charge is -2.21. The molecule has 0 aromatic heterocycles. The van der Waals surface area contributed by atoms with E-state index in [2.05, 4.69) is 27.7 Å². The zero-order chi connectivity index (χ0) is 67.5. The van der Waals surface area contributed by atoms with Crippen molar-refractivity contribution in [2.45, 2.75) is 406 Å². The molecule has 19 heteroatoms. The van der Waals surface area contributed by atoms with Crippen molar-refractivity contribution >= 4 is 39.5 Å². The van der Waals surface area contributed by atoms with E-state index in [0.29, 0.717) is 25.7 Å². The molecule has 2 unspecified atom stereocenters. The average Bonchev–Trinajstić information content (AvgIpc) is 2.39. The van der Waals surface area contributed by atoms with E-state index in [1.165, 1.54) is 205 Å². The van der Waals surface area contributed by atoms with Crippen LogP contribution in [0.2, 0.25) is 0 Å². The second-order valence-electron chi connectivity index (χ2n) is 26.3. The van der Waals surface area contributed by atoms with Gasteiger partial charge in [-0.2, -0.15) is 0 Å². The molecule has 546 valence electrons. The third-order valence-electron chi connectivity index (χ3n) is 17.1. The number of hydrogen-bond donors (Lipinski definition) is 3. The summed E-state index contributed by atoms with van der Waals surface area (Å²) in [5.41, 5.74) is 0. The third kappa shape index (κ3) is 66.7. The Morgan fingerprint density at radius 1 is 0.261 bits per heavy atom. The summed E-state index contributed by atoms with van der Waals surface area (Å²) < 4.78 is 68.3. The van der Waals surface area contributed by atoms with Gasteiger partial charge >= 0.3 is 39.5 Å². The molecule has 0 saturated heterocycles. The fraction of sp³-hybridized carbons (Fsp3) is 0.945. The van der Waals surface area contributed by atoms with E-state index in [9.17, 15) is 43.2 Å². The maximum atomic E-state index is 13.1. The molecule has 0 heterocycles. The summed E-state index contributed by atoms with van der Waals surface area (Å²) in [5.74, 6) is -2.12. The fourth-order valence-corrected chi connectivity index (χ4v) is 12.8. The van der Waals surface area contributed by atoms with Crippen LogP contribution in [0.4, 0.5) is 0 Å². The lowest BCUT2D eigenvalue weighted by molar-refractivity contribution is -0.161. The lowest BCUT2D eigenvalue weighted by Crippen LogP contribution is -2.30. The number of phosphoric ester groups is 2. The van der Waals surface area contributed by atoms with Crippen LogP contribution in [0.3, 0.4) is 0 Å². The molecule has 0 amide bonds. The van der Waals surface area contributed by atoms with Crippen LogP contribution in [-0.4, -0.2) is 96.7 Å². The number of aliphatic hydroxyl groups is 1. The van der Waals surface area contributed by atoms with Crippen molar-refractivity contribution in [3.63, 3.8) is 0 Å². The summed E-state index contributed by atoms with van der Waals surface area (Å²) >= 11 is 0. The van der Waals surface area contributed by atoms with Crippen LogP contribution < -0.4 is 0 Å². The molecule has 0 radical (unpaired) electrons. The third-order valence-corrected chi connectivity index (χ3v) is 19.0. The summed E-state index contributed by atoms with van der Waals surface area (Å²) in [6.45, 7) is 4.93. The molecule has 0 spiro atoms. The van der Waals surface area contributed by atoms with Gasteiger partial charge in [0.25, 0.3) is 0 Å². The number of hydrogen-bond acceptors (Lipinski definition) is 15. The first-order valence-electron chi connectivity index (χ1n) is 38.3. The van der Waals surface area contributed by atoms with Gasteiger partial charge in [0.2, 0.25) is 0 Å². The van der Waals surface area contributed by atoms with Crippen LogP contribution in [0.15, 0.2) is 0 Å². The highest BCUT2D eigenvalue weighted by Crippen LogP contribution is 2.45. The first kappa shape index (κ1) is 90.1. The molecular formula is C73H142O17P2. The number of ether oxygens (including phenoxy) is 4. The predicted octanol–water partition coefficient (Wildman–Crippen LogP) is 21.4. The number of carbonyl (C=O) groups is 4. The molecule has 0 aliphatic carbocycles. The number of aliphatic hydroxyl groups excluding tert-OH is 1. The van der Waals surface area contributed by atoms with Gasteiger partial charge in [-0.3, -0.25) is 37.3 Å². The van der Waals surface area contributed by atoms with E-state index in [-0.39, 0.29) is 25.7 Å². The van der Waals surface area contributed by atoms with E-state index in [1.54, 1.807) is 0 Å². The molecule has 17 nitrogen and oxygen atoms in total. The van der Waals surface area contributed by atoms with Gasteiger partial charge in [0, 0.05) is 25.7 Å².